The Morgan fingerprint density at radius 1 is 1.11 bits per heavy atom. The van der Waals surface area contributed by atoms with Gasteiger partial charge < -0.3 is 10.6 Å². The lowest BCUT2D eigenvalue weighted by Gasteiger charge is -2.19. The summed E-state index contributed by atoms with van der Waals surface area (Å²) in [6.07, 6.45) is 9.28. The average Bonchev–Trinajstić information content (AvgIpc) is 2.43. The molecule has 0 saturated heterocycles. The van der Waals surface area contributed by atoms with Gasteiger partial charge in [-0.15, -0.1) is 0 Å². The van der Waals surface area contributed by atoms with Crippen LogP contribution in [0.3, 0.4) is 0 Å². The molecular weight excluding hydrogens is 234 g/mol. The maximum absolute atomic E-state index is 4.34. The zero-order valence-electron chi connectivity index (χ0n) is 12.7. The third kappa shape index (κ3) is 6.46. The number of hydrogen-bond donors (Lipinski definition) is 2. The Kier molecular flexibility index (Phi) is 8.03. The van der Waals surface area contributed by atoms with E-state index in [1.54, 1.807) is 0 Å². The van der Waals surface area contributed by atoms with Crippen molar-refractivity contribution in [2.45, 2.75) is 65.3 Å². The fourth-order valence-corrected chi connectivity index (χ4v) is 2.19. The second-order valence-corrected chi connectivity index (χ2v) is 5.13. The number of aromatic nitrogens is 1. The Morgan fingerprint density at radius 2 is 1.95 bits per heavy atom. The minimum absolute atomic E-state index is 0.589. The SMILES string of the molecule is CCCCC(CCC)Nc1ccnc(NCCC)c1. The van der Waals surface area contributed by atoms with Crippen LogP contribution in [0, 0.1) is 0 Å². The summed E-state index contributed by atoms with van der Waals surface area (Å²) in [7, 11) is 0. The predicted molar refractivity (Wildman–Crippen MR) is 84.9 cm³/mol. The number of nitrogens with one attached hydrogen (secondary N) is 2. The molecule has 1 unspecified atom stereocenters. The highest BCUT2D eigenvalue weighted by Crippen LogP contribution is 2.17. The van der Waals surface area contributed by atoms with Crippen LogP contribution in [0.2, 0.25) is 0 Å². The molecule has 2 N–H and O–H groups in total. The number of nitrogens with zero attached hydrogens (tertiary/aromatic N) is 1. The van der Waals surface area contributed by atoms with Gasteiger partial charge in [-0.25, -0.2) is 4.98 Å². The van der Waals surface area contributed by atoms with Crippen LogP contribution in [-0.2, 0) is 0 Å². The van der Waals surface area contributed by atoms with Crippen molar-refractivity contribution in [2.24, 2.45) is 0 Å². The van der Waals surface area contributed by atoms with Crippen molar-refractivity contribution in [1.29, 1.82) is 0 Å². The Bertz CT molecular complexity index is 339. The average molecular weight is 263 g/mol. The number of pyridine rings is 1. The molecular formula is C16H29N3. The van der Waals surface area contributed by atoms with Gasteiger partial charge in [0.1, 0.15) is 5.82 Å². The van der Waals surface area contributed by atoms with Crippen LogP contribution in [-0.4, -0.2) is 17.6 Å². The first kappa shape index (κ1) is 15.8. The molecule has 3 heteroatoms. The van der Waals surface area contributed by atoms with Crippen LogP contribution in [0.15, 0.2) is 18.3 Å². The zero-order chi connectivity index (χ0) is 13.9. The van der Waals surface area contributed by atoms with Crippen molar-refractivity contribution in [3.63, 3.8) is 0 Å². The molecule has 0 spiro atoms. The third-order valence-corrected chi connectivity index (χ3v) is 3.23. The van der Waals surface area contributed by atoms with Crippen molar-refractivity contribution >= 4 is 11.5 Å². The van der Waals surface area contributed by atoms with E-state index in [0.29, 0.717) is 6.04 Å². The first-order chi connectivity index (χ1) is 9.30. The fraction of sp³-hybridized carbons (Fsp3) is 0.688. The molecule has 0 bridgehead atoms. The molecule has 0 amide bonds. The molecule has 0 saturated carbocycles. The summed E-state index contributed by atoms with van der Waals surface area (Å²) in [4.78, 5) is 4.34. The van der Waals surface area contributed by atoms with Crippen molar-refractivity contribution in [2.75, 3.05) is 17.2 Å². The second kappa shape index (κ2) is 9.65. The third-order valence-electron chi connectivity index (χ3n) is 3.23. The summed E-state index contributed by atoms with van der Waals surface area (Å²) in [6.45, 7) is 7.64. The molecule has 1 aromatic rings. The van der Waals surface area contributed by atoms with E-state index in [2.05, 4.69) is 48.5 Å². The Labute approximate surface area is 118 Å². The van der Waals surface area contributed by atoms with Crippen LogP contribution in [0.25, 0.3) is 0 Å². The normalized spacial score (nSPS) is 12.2. The van der Waals surface area contributed by atoms with E-state index >= 15 is 0 Å². The lowest BCUT2D eigenvalue weighted by atomic mass is 10.0. The van der Waals surface area contributed by atoms with Gasteiger partial charge in [0.05, 0.1) is 0 Å². The van der Waals surface area contributed by atoms with E-state index in [9.17, 15) is 0 Å². The van der Waals surface area contributed by atoms with Crippen LogP contribution < -0.4 is 10.6 Å². The Morgan fingerprint density at radius 3 is 2.63 bits per heavy atom. The van der Waals surface area contributed by atoms with Gasteiger partial charge in [0.25, 0.3) is 0 Å². The minimum atomic E-state index is 0.589. The van der Waals surface area contributed by atoms with Gasteiger partial charge in [0.15, 0.2) is 0 Å². The highest BCUT2D eigenvalue weighted by Gasteiger charge is 2.07. The molecule has 1 heterocycles. The molecule has 0 fully saturated rings. The van der Waals surface area contributed by atoms with Gasteiger partial charge >= 0.3 is 0 Å². The zero-order valence-corrected chi connectivity index (χ0v) is 12.7. The van der Waals surface area contributed by atoms with Gasteiger partial charge in [-0.3, -0.25) is 0 Å². The highest BCUT2D eigenvalue weighted by atomic mass is 15.0. The highest BCUT2D eigenvalue weighted by molar-refractivity contribution is 5.52. The maximum atomic E-state index is 4.34. The topological polar surface area (TPSA) is 37.0 Å². The summed E-state index contributed by atoms with van der Waals surface area (Å²) in [5, 5.41) is 6.98. The van der Waals surface area contributed by atoms with Crippen molar-refractivity contribution < 1.29 is 0 Å². The molecule has 1 atom stereocenters. The van der Waals surface area contributed by atoms with E-state index < -0.39 is 0 Å². The molecule has 0 aliphatic rings. The maximum Gasteiger partial charge on any atom is 0.127 e. The van der Waals surface area contributed by atoms with E-state index in [4.69, 9.17) is 0 Å². The summed E-state index contributed by atoms with van der Waals surface area (Å²) in [5.41, 5.74) is 1.18. The van der Waals surface area contributed by atoms with E-state index in [0.717, 1.165) is 18.8 Å². The van der Waals surface area contributed by atoms with Gasteiger partial charge in [-0.2, -0.15) is 0 Å². The van der Waals surface area contributed by atoms with E-state index in [1.165, 1.54) is 37.8 Å². The predicted octanol–water partition coefficient (Wildman–Crippen LogP) is 4.67. The molecule has 3 nitrogen and oxygen atoms in total. The lowest BCUT2D eigenvalue weighted by Crippen LogP contribution is -2.19. The van der Waals surface area contributed by atoms with Crippen LogP contribution in [0.5, 0.6) is 0 Å². The monoisotopic (exact) mass is 263 g/mol. The molecule has 0 aromatic carbocycles. The van der Waals surface area contributed by atoms with Crippen molar-refractivity contribution in [3.8, 4) is 0 Å². The Balaban J connectivity index is 2.56. The number of anilines is 2. The van der Waals surface area contributed by atoms with E-state index in [1.807, 2.05) is 6.20 Å². The molecule has 108 valence electrons. The Hall–Kier alpha value is -1.25. The smallest absolute Gasteiger partial charge is 0.127 e. The summed E-state index contributed by atoms with van der Waals surface area (Å²) < 4.78 is 0. The fourth-order valence-electron chi connectivity index (χ4n) is 2.19. The van der Waals surface area contributed by atoms with Gasteiger partial charge in [0, 0.05) is 30.5 Å². The van der Waals surface area contributed by atoms with Gasteiger partial charge in [-0.05, 0) is 25.3 Å². The first-order valence-corrected chi connectivity index (χ1v) is 7.76. The molecule has 0 radical (unpaired) electrons. The first-order valence-electron chi connectivity index (χ1n) is 7.76. The van der Waals surface area contributed by atoms with Crippen molar-refractivity contribution in [3.05, 3.63) is 18.3 Å². The van der Waals surface area contributed by atoms with Crippen LogP contribution >= 0.6 is 0 Å². The number of unbranched alkanes of at least 4 members (excludes halogenated alkanes) is 1. The second-order valence-electron chi connectivity index (χ2n) is 5.13. The number of rotatable bonds is 10. The standard InChI is InChI=1S/C16H29N3/c1-4-7-9-14(8-5-2)19-15-10-12-18-16(13-15)17-11-6-3/h10,12-14H,4-9,11H2,1-3H3,(H2,17,18,19). The van der Waals surface area contributed by atoms with Crippen LogP contribution in [0.4, 0.5) is 11.5 Å². The van der Waals surface area contributed by atoms with Crippen LogP contribution in [0.1, 0.15) is 59.3 Å². The van der Waals surface area contributed by atoms with Gasteiger partial charge in [0.2, 0.25) is 0 Å². The molecule has 1 rings (SSSR count). The lowest BCUT2D eigenvalue weighted by molar-refractivity contribution is 0.564. The summed E-state index contributed by atoms with van der Waals surface area (Å²) in [6, 6.07) is 4.77. The van der Waals surface area contributed by atoms with Crippen molar-refractivity contribution in [1.82, 2.24) is 4.98 Å². The summed E-state index contributed by atoms with van der Waals surface area (Å²) in [5.74, 6) is 0.970. The van der Waals surface area contributed by atoms with E-state index in [-0.39, 0.29) is 0 Å². The largest absolute Gasteiger partial charge is 0.382 e. The quantitative estimate of drug-likeness (QED) is 0.644. The molecule has 19 heavy (non-hydrogen) atoms. The molecule has 0 aliphatic carbocycles. The number of hydrogen-bond acceptors (Lipinski definition) is 3. The van der Waals surface area contributed by atoms with Gasteiger partial charge in [-0.1, -0.05) is 40.0 Å². The molecule has 1 aromatic heterocycles. The minimum Gasteiger partial charge on any atom is -0.382 e. The summed E-state index contributed by atoms with van der Waals surface area (Å²) >= 11 is 0. The molecule has 0 aliphatic heterocycles.